The first-order valence-electron chi connectivity index (χ1n) is 7.48. The van der Waals surface area contributed by atoms with E-state index in [2.05, 4.69) is 22.1 Å². The van der Waals surface area contributed by atoms with Crippen LogP contribution in [0.15, 0.2) is 5.16 Å². The summed E-state index contributed by atoms with van der Waals surface area (Å²) in [5.74, 6) is 2.10. The normalized spacial score (nSPS) is 26.1. The number of nitrogens with one attached hydrogen (secondary N) is 1. The van der Waals surface area contributed by atoms with Crippen LogP contribution in [-0.4, -0.2) is 33.6 Å². The lowest BCUT2D eigenvalue weighted by molar-refractivity contribution is -0.0917. The minimum absolute atomic E-state index is 0.401. The molecule has 4 nitrogen and oxygen atoms in total. The minimum atomic E-state index is 0.401. The molecular formula is C14H23N3OS. The molecule has 19 heavy (non-hydrogen) atoms. The highest BCUT2D eigenvalue weighted by atomic mass is 32.2. The first-order chi connectivity index (χ1) is 9.32. The Hall–Kier alpha value is -0.550. The zero-order valence-corrected chi connectivity index (χ0v) is 12.5. The van der Waals surface area contributed by atoms with Gasteiger partial charge in [0, 0.05) is 24.2 Å². The molecule has 1 unspecified atom stereocenters. The molecule has 106 valence electrons. The number of rotatable bonds is 5. The van der Waals surface area contributed by atoms with Crippen LogP contribution in [0, 0.1) is 5.41 Å². The third kappa shape index (κ3) is 2.82. The fourth-order valence-corrected chi connectivity index (χ4v) is 4.30. The number of hydrogen-bond donors (Lipinski definition) is 1. The van der Waals surface area contributed by atoms with Gasteiger partial charge in [-0.3, -0.25) is 5.10 Å². The van der Waals surface area contributed by atoms with Gasteiger partial charge in [0.05, 0.1) is 6.10 Å². The number of hydrogen-bond acceptors (Lipinski definition) is 4. The SMILES string of the molecule is CCc1nc(SCC2(C3CCCCO3)CCC2)n[nH]1. The zero-order valence-electron chi connectivity index (χ0n) is 11.7. The van der Waals surface area contributed by atoms with Crippen molar-refractivity contribution in [3.63, 3.8) is 0 Å². The van der Waals surface area contributed by atoms with Crippen LogP contribution >= 0.6 is 11.8 Å². The molecule has 0 radical (unpaired) electrons. The summed E-state index contributed by atoms with van der Waals surface area (Å²) in [6.07, 6.45) is 9.20. The van der Waals surface area contributed by atoms with Gasteiger partial charge < -0.3 is 4.74 Å². The highest BCUT2D eigenvalue weighted by Gasteiger charge is 2.45. The smallest absolute Gasteiger partial charge is 0.208 e. The van der Waals surface area contributed by atoms with Crippen molar-refractivity contribution in [2.24, 2.45) is 5.41 Å². The van der Waals surface area contributed by atoms with Gasteiger partial charge in [-0.05, 0) is 32.1 Å². The monoisotopic (exact) mass is 281 g/mol. The summed E-state index contributed by atoms with van der Waals surface area (Å²) in [6, 6.07) is 0. The molecule has 0 spiro atoms. The standard InChI is InChI=1S/C14H23N3OS/c1-2-12-15-13(17-16-12)19-10-14(7-5-8-14)11-6-3-4-9-18-11/h11H,2-10H2,1H3,(H,15,16,17). The van der Waals surface area contributed by atoms with E-state index in [9.17, 15) is 0 Å². The van der Waals surface area contributed by atoms with E-state index in [1.165, 1.54) is 38.5 Å². The van der Waals surface area contributed by atoms with Crippen LogP contribution in [0.2, 0.25) is 0 Å². The Morgan fingerprint density at radius 3 is 2.84 bits per heavy atom. The predicted octanol–water partition coefficient (Wildman–Crippen LogP) is 3.20. The van der Waals surface area contributed by atoms with E-state index >= 15 is 0 Å². The molecule has 1 aromatic rings. The van der Waals surface area contributed by atoms with Crippen LogP contribution in [0.5, 0.6) is 0 Å². The van der Waals surface area contributed by atoms with Gasteiger partial charge in [0.15, 0.2) is 0 Å². The molecule has 1 aliphatic heterocycles. The maximum Gasteiger partial charge on any atom is 0.208 e. The fourth-order valence-electron chi connectivity index (χ4n) is 3.12. The van der Waals surface area contributed by atoms with E-state index in [-0.39, 0.29) is 0 Å². The Morgan fingerprint density at radius 1 is 1.37 bits per heavy atom. The van der Waals surface area contributed by atoms with Crippen LogP contribution in [-0.2, 0) is 11.2 Å². The van der Waals surface area contributed by atoms with Gasteiger partial charge in [-0.15, -0.1) is 5.10 Å². The fraction of sp³-hybridized carbons (Fsp3) is 0.857. The van der Waals surface area contributed by atoms with Gasteiger partial charge in [0.25, 0.3) is 0 Å². The second-order valence-corrected chi connectivity index (χ2v) is 6.72. The average Bonchev–Trinajstić information content (AvgIpc) is 2.87. The molecule has 0 amide bonds. The number of nitrogens with zero attached hydrogens (tertiary/aromatic N) is 2. The molecule has 0 bridgehead atoms. The molecule has 2 aliphatic rings. The third-order valence-corrected chi connectivity index (χ3v) is 5.71. The van der Waals surface area contributed by atoms with Gasteiger partial charge in [-0.25, -0.2) is 4.98 Å². The molecule has 2 fully saturated rings. The third-order valence-electron chi connectivity index (χ3n) is 4.55. The first-order valence-corrected chi connectivity index (χ1v) is 8.47. The number of H-pyrrole nitrogens is 1. The maximum absolute atomic E-state index is 6.04. The molecule has 1 atom stereocenters. The van der Waals surface area contributed by atoms with Gasteiger partial charge in [-0.1, -0.05) is 25.1 Å². The van der Waals surface area contributed by atoms with Crippen molar-refractivity contribution in [1.82, 2.24) is 15.2 Å². The predicted molar refractivity (Wildman–Crippen MR) is 76.4 cm³/mol. The largest absolute Gasteiger partial charge is 0.378 e. The van der Waals surface area contributed by atoms with Crippen molar-refractivity contribution >= 4 is 11.8 Å². The molecular weight excluding hydrogens is 258 g/mol. The minimum Gasteiger partial charge on any atom is -0.378 e. The summed E-state index contributed by atoms with van der Waals surface area (Å²) in [6.45, 7) is 3.05. The van der Waals surface area contributed by atoms with Crippen molar-refractivity contribution in [3.8, 4) is 0 Å². The van der Waals surface area contributed by atoms with Crippen LogP contribution in [0.3, 0.4) is 0 Å². The van der Waals surface area contributed by atoms with Crippen LogP contribution in [0.1, 0.15) is 51.3 Å². The highest BCUT2D eigenvalue weighted by Crippen LogP contribution is 2.50. The van der Waals surface area contributed by atoms with Crippen molar-refractivity contribution in [2.75, 3.05) is 12.4 Å². The second-order valence-electron chi connectivity index (χ2n) is 5.78. The van der Waals surface area contributed by atoms with Crippen LogP contribution in [0.4, 0.5) is 0 Å². The maximum atomic E-state index is 6.04. The molecule has 2 heterocycles. The van der Waals surface area contributed by atoms with Crippen molar-refractivity contribution in [3.05, 3.63) is 5.82 Å². The molecule has 1 aromatic heterocycles. The summed E-state index contributed by atoms with van der Waals surface area (Å²) in [4.78, 5) is 4.49. The Morgan fingerprint density at radius 2 is 2.26 bits per heavy atom. The summed E-state index contributed by atoms with van der Waals surface area (Å²) in [5, 5.41) is 8.18. The quantitative estimate of drug-likeness (QED) is 0.842. The van der Waals surface area contributed by atoms with Crippen molar-refractivity contribution in [1.29, 1.82) is 0 Å². The highest BCUT2D eigenvalue weighted by molar-refractivity contribution is 7.99. The van der Waals surface area contributed by atoms with Crippen LogP contribution < -0.4 is 0 Å². The molecule has 3 rings (SSSR count). The number of aromatic amines is 1. The Balaban J connectivity index is 1.59. The molecule has 1 aliphatic carbocycles. The van der Waals surface area contributed by atoms with E-state index in [1.54, 1.807) is 11.8 Å². The van der Waals surface area contributed by atoms with E-state index in [0.29, 0.717) is 11.5 Å². The van der Waals surface area contributed by atoms with Gasteiger partial charge in [0.1, 0.15) is 5.82 Å². The summed E-state index contributed by atoms with van der Waals surface area (Å²) in [5.41, 5.74) is 0.401. The number of thioether (sulfide) groups is 1. The van der Waals surface area contributed by atoms with E-state index in [4.69, 9.17) is 4.74 Å². The Bertz CT molecular complexity index is 411. The molecule has 1 N–H and O–H groups in total. The van der Waals surface area contributed by atoms with Crippen molar-refractivity contribution < 1.29 is 4.74 Å². The Labute approximate surface area is 119 Å². The molecule has 1 saturated heterocycles. The van der Waals surface area contributed by atoms with E-state index in [1.807, 2.05) is 0 Å². The first kappa shape index (κ1) is 13.4. The number of aromatic nitrogens is 3. The molecule has 5 heteroatoms. The van der Waals surface area contributed by atoms with Crippen molar-refractivity contribution in [2.45, 2.75) is 63.1 Å². The second kappa shape index (κ2) is 5.83. The van der Waals surface area contributed by atoms with E-state index < -0.39 is 0 Å². The molecule has 1 saturated carbocycles. The number of aryl methyl sites for hydroxylation is 1. The lowest BCUT2D eigenvalue weighted by Crippen LogP contribution is -2.46. The van der Waals surface area contributed by atoms with Gasteiger partial charge >= 0.3 is 0 Å². The molecule has 0 aromatic carbocycles. The topological polar surface area (TPSA) is 50.8 Å². The average molecular weight is 281 g/mol. The van der Waals surface area contributed by atoms with E-state index in [0.717, 1.165) is 29.8 Å². The van der Waals surface area contributed by atoms with Gasteiger partial charge in [-0.2, -0.15) is 0 Å². The Kier molecular flexibility index (Phi) is 4.12. The lowest BCUT2D eigenvalue weighted by atomic mass is 9.65. The summed E-state index contributed by atoms with van der Waals surface area (Å²) >= 11 is 1.80. The summed E-state index contributed by atoms with van der Waals surface area (Å²) in [7, 11) is 0. The zero-order chi connectivity index (χ0) is 13.1. The lowest BCUT2D eigenvalue weighted by Gasteiger charge is -2.48. The van der Waals surface area contributed by atoms with Crippen LogP contribution in [0.25, 0.3) is 0 Å². The number of ether oxygens (including phenoxy) is 1. The summed E-state index contributed by atoms with van der Waals surface area (Å²) < 4.78 is 6.04. The van der Waals surface area contributed by atoms with Gasteiger partial charge in [0.2, 0.25) is 5.16 Å².